The van der Waals surface area contributed by atoms with Crippen molar-refractivity contribution in [2.45, 2.75) is 0 Å². The highest BCUT2D eigenvalue weighted by atomic mass is 32.1. The summed E-state index contributed by atoms with van der Waals surface area (Å²) in [6, 6.07) is 5.36. The maximum Gasteiger partial charge on any atom is 0.258 e. The fourth-order valence-corrected chi connectivity index (χ4v) is 2.68. The minimum Gasteiger partial charge on any atom is -0.496 e. The number of methoxy groups -OCH3 is 1. The molecule has 0 saturated carbocycles. The molecule has 2 N–H and O–H groups in total. The van der Waals surface area contributed by atoms with E-state index in [2.05, 4.69) is 0 Å². The molecule has 1 aromatic heterocycles. The Morgan fingerprint density at radius 3 is 2.68 bits per heavy atom. The lowest BCUT2D eigenvalue weighted by Gasteiger charge is -2.08. The van der Waals surface area contributed by atoms with Gasteiger partial charge in [-0.2, -0.15) is 0 Å². The van der Waals surface area contributed by atoms with Gasteiger partial charge in [-0.15, -0.1) is 11.3 Å². The lowest BCUT2D eigenvalue weighted by Crippen LogP contribution is -2.08. The first-order valence-electron chi connectivity index (χ1n) is 5.55. The van der Waals surface area contributed by atoms with Crippen LogP contribution in [-0.2, 0) is 0 Å². The van der Waals surface area contributed by atoms with Crippen LogP contribution in [0.15, 0.2) is 23.6 Å². The van der Waals surface area contributed by atoms with E-state index < -0.39 is 5.91 Å². The van der Waals surface area contributed by atoms with Crippen molar-refractivity contribution in [2.24, 2.45) is 5.73 Å². The fraction of sp³-hybridized carbons (Fsp3) is 0.154. The molecule has 0 spiro atoms. The van der Waals surface area contributed by atoms with Crippen molar-refractivity contribution in [1.82, 2.24) is 0 Å². The van der Waals surface area contributed by atoms with Gasteiger partial charge >= 0.3 is 0 Å². The molecule has 1 aromatic carbocycles. The molecule has 0 aliphatic carbocycles. The Bertz CT molecular complexity index is 650. The van der Waals surface area contributed by atoms with Gasteiger partial charge in [0.25, 0.3) is 5.91 Å². The number of hydrogen-bond donors (Lipinski definition) is 1. The van der Waals surface area contributed by atoms with Crippen LogP contribution in [0.1, 0.15) is 9.67 Å². The first-order chi connectivity index (χ1) is 9.19. The van der Waals surface area contributed by atoms with E-state index in [0.29, 0.717) is 22.1 Å². The Hall–Kier alpha value is -2.21. The van der Waals surface area contributed by atoms with Crippen LogP contribution in [0.2, 0.25) is 0 Å². The summed E-state index contributed by atoms with van der Waals surface area (Å²) in [6.07, 6.45) is 0. The first-order valence-corrected chi connectivity index (χ1v) is 6.43. The van der Waals surface area contributed by atoms with Crippen molar-refractivity contribution in [1.29, 1.82) is 0 Å². The molecule has 0 saturated heterocycles. The lowest BCUT2D eigenvalue weighted by atomic mass is 10.1. The second-order valence-electron chi connectivity index (χ2n) is 3.97. The molecule has 0 unspecified atom stereocenters. The van der Waals surface area contributed by atoms with Crippen molar-refractivity contribution in [2.75, 3.05) is 13.9 Å². The zero-order chi connectivity index (χ0) is 13.4. The summed E-state index contributed by atoms with van der Waals surface area (Å²) >= 11 is 1.30. The molecule has 2 aromatic rings. The van der Waals surface area contributed by atoms with Crippen molar-refractivity contribution < 1.29 is 19.0 Å². The van der Waals surface area contributed by atoms with E-state index in [-0.39, 0.29) is 6.79 Å². The molecular weight excluding hydrogens is 266 g/mol. The molecule has 19 heavy (non-hydrogen) atoms. The summed E-state index contributed by atoms with van der Waals surface area (Å²) in [5.41, 5.74) is 6.97. The Balaban J connectivity index is 2.10. The van der Waals surface area contributed by atoms with E-state index in [0.717, 1.165) is 11.1 Å². The molecule has 3 rings (SSSR count). The van der Waals surface area contributed by atoms with Crippen molar-refractivity contribution >= 4 is 17.2 Å². The summed E-state index contributed by atoms with van der Waals surface area (Å²) in [5.74, 6) is 1.56. The van der Waals surface area contributed by atoms with Gasteiger partial charge in [0.15, 0.2) is 11.5 Å². The number of primary amides is 1. The number of rotatable bonds is 3. The third-order valence-electron chi connectivity index (χ3n) is 2.85. The van der Waals surface area contributed by atoms with Gasteiger partial charge in [-0.3, -0.25) is 4.79 Å². The van der Waals surface area contributed by atoms with Gasteiger partial charge in [0, 0.05) is 11.6 Å². The zero-order valence-electron chi connectivity index (χ0n) is 10.1. The highest BCUT2D eigenvalue weighted by Gasteiger charge is 2.19. The van der Waals surface area contributed by atoms with E-state index in [1.807, 2.05) is 11.4 Å². The molecule has 0 bridgehead atoms. The molecule has 1 aliphatic rings. The number of hydrogen-bond acceptors (Lipinski definition) is 5. The average Bonchev–Trinajstić information content (AvgIpc) is 3.05. The van der Waals surface area contributed by atoms with E-state index in [4.69, 9.17) is 19.9 Å². The first kappa shape index (κ1) is 11.9. The van der Waals surface area contributed by atoms with E-state index >= 15 is 0 Å². The average molecular weight is 277 g/mol. The van der Waals surface area contributed by atoms with Gasteiger partial charge in [0.05, 0.1) is 12.0 Å². The third kappa shape index (κ3) is 2.00. The van der Waals surface area contributed by atoms with Gasteiger partial charge in [-0.25, -0.2) is 0 Å². The lowest BCUT2D eigenvalue weighted by molar-refractivity contribution is 0.100. The predicted octanol–water partition coefficient (Wildman–Crippen LogP) is 2.25. The molecule has 5 nitrogen and oxygen atoms in total. The molecule has 98 valence electrons. The number of benzene rings is 1. The smallest absolute Gasteiger partial charge is 0.258 e. The van der Waals surface area contributed by atoms with E-state index in [1.54, 1.807) is 19.2 Å². The maximum absolute atomic E-state index is 11.1. The number of ether oxygens (including phenoxy) is 3. The van der Waals surface area contributed by atoms with Crippen LogP contribution in [0.4, 0.5) is 0 Å². The monoisotopic (exact) mass is 277 g/mol. The maximum atomic E-state index is 11.1. The topological polar surface area (TPSA) is 70.8 Å². The van der Waals surface area contributed by atoms with Crippen molar-refractivity contribution in [3.63, 3.8) is 0 Å². The number of fused-ring (bicyclic) bond motifs is 1. The number of nitrogens with two attached hydrogens (primary N) is 1. The molecule has 1 aliphatic heterocycles. The Kier molecular flexibility index (Phi) is 2.79. The van der Waals surface area contributed by atoms with Gasteiger partial charge < -0.3 is 19.9 Å². The number of amides is 1. The molecule has 1 amide bonds. The van der Waals surface area contributed by atoms with Crippen LogP contribution in [-0.4, -0.2) is 19.8 Å². The normalized spacial score (nSPS) is 12.5. The van der Waals surface area contributed by atoms with Crippen LogP contribution in [0.25, 0.3) is 11.1 Å². The molecular formula is C13H11NO4S. The largest absolute Gasteiger partial charge is 0.496 e. The standard InChI is InChI=1S/C13H11NO4S/c1-16-9-4-11-10(17-6-18-11)3-8(9)7-2-12(13(14)15)19-5-7/h2-5H,6H2,1H3,(H2,14,15). The SMILES string of the molecule is COc1cc2c(cc1-c1csc(C(N)=O)c1)OCO2. The second kappa shape index (κ2) is 4.47. The van der Waals surface area contributed by atoms with Crippen molar-refractivity contribution in [3.8, 4) is 28.4 Å². The summed E-state index contributed by atoms with van der Waals surface area (Å²) < 4.78 is 16.0. The third-order valence-corrected chi connectivity index (χ3v) is 3.79. The Morgan fingerprint density at radius 2 is 2.05 bits per heavy atom. The predicted molar refractivity (Wildman–Crippen MR) is 70.9 cm³/mol. The number of carbonyl (C=O) groups excluding carboxylic acids is 1. The molecule has 2 heterocycles. The van der Waals surface area contributed by atoms with E-state index in [1.165, 1.54) is 11.3 Å². The van der Waals surface area contributed by atoms with Crippen molar-refractivity contribution in [3.05, 3.63) is 28.5 Å². The zero-order valence-corrected chi connectivity index (χ0v) is 11.0. The molecule has 6 heteroatoms. The van der Waals surface area contributed by atoms with Gasteiger partial charge in [0.1, 0.15) is 5.75 Å². The van der Waals surface area contributed by atoms with Gasteiger partial charge in [0.2, 0.25) is 6.79 Å². The molecule has 0 radical (unpaired) electrons. The summed E-state index contributed by atoms with van der Waals surface area (Å²) in [6.45, 7) is 0.206. The molecule has 0 fully saturated rings. The van der Waals surface area contributed by atoms with Crippen LogP contribution in [0, 0.1) is 0 Å². The molecule has 0 atom stereocenters. The summed E-state index contributed by atoms with van der Waals surface area (Å²) in [4.78, 5) is 11.7. The van der Waals surface area contributed by atoms with E-state index in [9.17, 15) is 4.79 Å². The highest BCUT2D eigenvalue weighted by Crippen LogP contribution is 2.43. The summed E-state index contributed by atoms with van der Waals surface area (Å²) in [7, 11) is 1.59. The number of thiophene rings is 1. The minimum atomic E-state index is -0.434. The fourth-order valence-electron chi connectivity index (χ4n) is 1.92. The quantitative estimate of drug-likeness (QED) is 0.934. The van der Waals surface area contributed by atoms with Crippen LogP contribution >= 0.6 is 11.3 Å². The van der Waals surface area contributed by atoms with Gasteiger partial charge in [-0.1, -0.05) is 0 Å². The van der Waals surface area contributed by atoms with Crippen LogP contribution < -0.4 is 19.9 Å². The van der Waals surface area contributed by atoms with Crippen LogP contribution in [0.5, 0.6) is 17.2 Å². The Labute approximate surface area is 113 Å². The second-order valence-corrected chi connectivity index (χ2v) is 4.88. The minimum absolute atomic E-state index is 0.206. The van der Waals surface area contributed by atoms with Crippen LogP contribution in [0.3, 0.4) is 0 Å². The number of carbonyl (C=O) groups is 1. The highest BCUT2D eigenvalue weighted by molar-refractivity contribution is 7.12. The summed E-state index contributed by atoms with van der Waals surface area (Å²) in [5, 5.41) is 1.86. The van der Waals surface area contributed by atoms with Gasteiger partial charge in [-0.05, 0) is 23.1 Å². The Morgan fingerprint density at radius 1 is 1.32 bits per heavy atom.